The highest BCUT2D eigenvalue weighted by Gasteiger charge is 2.25. The van der Waals surface area contributed by atoms with Gasteiger partial charge in [-0.2, -0.15) is 0 Å². The van der Waals surface area contributed by atoms with E-state index in [0.717, 1.165) is 11.1 Å². The number of carbonyl (C=O) groups excluding carboxylic acids is 2. The highest BCUT2D eigenvalue weighted by molar-refractivity contribution is 6.38. The van der Waals surface area contributed by atoms with Crippen LogP contribution in [0.4, 0.5) is 0 Å². The fraction of sp³-hybridized carbons (Fsp3) is 0.0625. The Hall–Kier alpha value is -2.75. The Labute approximate surface area is 115 Å². The first-order valence-electron chi connectivity index (χ1n) is 6.01. The van der Waals surface area contributed by atoms with Gasteiger partial charge in [0.2, 0.25) is 0 Å². The third-order valence-electron chi connectivity index (χ3n) is 3.01. The Balaban J connectivity index is 2.30. The second-order valence-electron chi connectivity index (χ2n) is 4.27. The molecule has 2 rings (SSSR count). The predicted molar refractivity (Wildman–Crippen MR) is 73.3 cm³/mol. The quantitative estimate of drug-likeness (QED) is 0.513. The van der Waals surface area contributed by atoms with Gasteiger partial charge in [-0.1, -0.05) is 54.6 Å². The van der Waals surface area contributed by atoms with Crippen LogP contribution in [0, 0.1) is 0 Å². The number of ketones is 1. The van der Waals surface area contributed by atoms with Crippen molar-refractivity contribution in [1.82, 2.24) is 0 Å². The van der Waals surface area contributed by atoms with Gasteiger partial charge >= 0.3 is 5.97 Å². The van der Waals surface area contributed by atoms with Crippen molar-refractivity contribution in [2.45, 2.75) is 5.92 Å². The van der Waals surface area contributed by atoms with Gasteiger partial charge in [-0.15, -0.1) is 0 Å². The molecule has 1 N–H and O–H groups in total. The van der Waals surface area contributed by atoms with E-state index in [9.17, 15) is 14.4 Å². The van der Waals surface area contributed by atoms with Gasteiger partial charge in [-0.25, -0.2) is 4.79 Å². The molecule has 2 aromatic rings. The van der Waals surface area contributed by atoms with Crippen LogP contribution in [-0.2, 0) is 14.4 Å². The predicted octanol–water partition coefficient (Wildman–Crippen LogP) is 2.29. The van der Waals surface area contributed by atoms with E-state index in [1.54, 1.807) is 24.3 Å². The fourth-order valence-electron chi connectivity index (χ4n) is 1.94. The van der Waals surface area contributed by atoms with Crippen LogP contribution in [0.3, 0.4) is 0 Å². The summed E-state index contributed by atoms with van der Waals surface area (Å²) in [6.07, 6.45) is 0.355. The summed E-state index contributed by atoms with van der Waals surface area (Å²) in [5.41, 5.74) is 2.32. The normalized spacial score (nSPS) is 11.6. The van der Waals surface area contributed by atoms with Crippen LogP contribution in [-0.4, -0.2) is 23.1 Å². The van der Waals surface area contributed by atoms with Gasteiger partial charge in [0.05, 0.1) is 0 Å². The minimum atomic E-state index is -1.60. The number of aliphatic carboxylic acids is 1. The maximum atomic E-state index is 11.4. The van der Waals surface area contributed by atoms with E-state index in [1.165, 1.54) is 0 Å². The van der Waals surface area contributed by atoms with Gasteiger partial charge < -0.3 is 9.90 Å². The second kappa shape index (κ2) is 5.93. The van der Waals surface area contributed by atoms with Crippen molar-refractivity contribution in [2.24, 2.45) is 0 Å². The second-order valence-corrected chi connectivity index (χ2v) is 4.27. The minimum absolute atomic E-state index is 0.355. The van der Waals surface area contributed by atoms with E-state index in [0.29, 0.717) is 11.8 Å². The summed E-state index contributed by atoms with van der Waals surface area (Å²) in [7, 11) is 0. The summed E-state index contributed by atoms with van der Waals surface area (Å²) < 4.78 is 0. The van der Waals surface area contributed by atoms with Crippen LogP contribution in [0.15, 0.2) is 54.6 Å². The van der Waals surface area contributed by atoms with E-state index >= 15 is 0 Å². The smallest absolute Gasteiger partial charge is 0.373 e. The van der Waals surface area contributed by atoms with Crippen molar-refractivity contribution in [3.05, 3.63) is 60.2 Å². The Kier molecular flexibility index (Phi) is 4.05. The first-order chi connectivity index (χ1) is 9.63. The van der Waals surface area contributed by atoms with Gasteiger partial charge in [0, 0.05) is 0 Å². The van der Waals surface area contributed by atoms with Gasteiger partial charge in [0.1, 0.15) is 12.2 Å². The molecule has 1 atom stereocenters. The molecule has 0 aliphatic rings. The molecule has 0 aliphatic carbocycles. The van der Waals surface area contributed by atoms with Gasteiger partial charge in [-0.3, -0.25) is 4.79 Å². The van der Waals surface area contributed by atoms with E-state index in [4.69, 9.17) is 5.11 Å². The van der Waals surface area contributed by atoms with Crippen LogP contribution in [0.2, 0.25) is 0 Å². The van der Waals surface area contributed by atoms with Crippen molar-refractivity contribution >= 4 is 18.0 Å². The molecule has 0 amide bonds. The molecule has 1 unspecified atom stereocenters. The topological polar surface area (TPSA) is 71.4 Å². The van der Waals surface area contributed by atoms with Crippen molar-refractivity contribution in [1.29, 1.82) is 0 Å². The van der Waals surface area contributed by atoms with Crippen LogP contribution in [0.25, 0.3) is 11.1 Å². The van der Waals surface area contributed by atoms with Crippen molar-refractivity contribution in [3.8, 4) is 11.1 Å². The number of hydrogen-bond acceptors (Lipinski definition) is 3. The van der Waals surface area contributed by atoms with Crippen molar-refractivity contribution in [2.75, 3.05) is 0 Å². The first kappa shape index (κ1) is 13.7. The number of carbonyl (C=O) groups is 3. The molecule has 20 heavy (non-hydrogen) atoms. The molecule has 4 heteroatoms. The fourth-order valence-corrected chi connectivity index (χ4v) is 1.94. The summed E-state index contributed by atoms with van der Waals surface area (Å²) in [4.78, 5) is 33.0. The van der Waals surface area contributed by atoms with Crippen molar-refractivity contribution in [3.63, 3.8) is 0 Å². The van der Waals surface area contributed by atoms with E-state index in [2.05, 4.69) is 0 Å². The molecule has 0 saturated carbocycles. The largest absolute Gasteiger partial charge is 0.475 e. The van der Waals surface area contributed by atoms with Crippen molar-refractivity contribution < 1.29 is 19.5 Å². The van der Waals surface area contributed by atoms with Crippen LogP contribution in [0.1, 0.15) is 11.5 Å². The molecule has 0 aliphatic heterocycles. The molecular weight excluding hydrogens is 256 g/mol. The van der Waals surface area contributed by atoms with Gasteiger partial charge in [0.15, 0.2) is 0 Å². The zero-order valence-electron chi connectivity index (χ0n) is 10.5. The zero-order valence-corrected chi connectivity index (χ0v) is 10.5. The molecule has 0 bridgehead atoms. The monoisotopic (exact) mass is 268 g/mol. The molecule has 0 fully saturated rings. The Morgan fingerprint density at radius 2 is 1.45 bits per heavy atom. The lowest BCUT2D eigenvalue weighted by Crippen LogP contribution is -2.22. The summed E-state index contributed by atoms with van der Waals surface area (Å²) >= 11 is 0. The molecule has 0 radical (unpaired) electrons. The SMILES string of the molecule is O=CC(C(=O)C(=O)O)c1ccc(-c2ccccc2)cc1. The summed E-state index contributed by atoms with van der Waals surface area (Å²) in [6.45, 7) is 0. The van der Waals surface area contributed by atoms with E-state index in [1.807, 2.05) is 30.3 Å². The molecule has 0 aromatic heterocycles. The standard InChI is InChI=1S/C16H12O4/c17-10-14(15(18)16(19)20)13-8-6-12(7-9-13)11-4-2-1-3-5-11/h1-10,14H,(H,19,20). The zero-order chi connectivity index (χ0) is 14.5. The number of Topliss-reactive ketones (excluding diaryl/α,β-unsaturated/α-hetero) is 1. The molecular formula is C16H12O4. The molecule has 100 valence electrons. The van der Waals surface area contributed by atoms with Gasteiger partial charge in [-0.05, 0) is 16.7 Å². The summed E-state index contributed by atoms with van der Waals surface area (Å²) in [5.74, 6) is -3.97. The average molecular weight is 268 g/mol. The number of benzene rings is 2. The first-order valence-corrected chi connectivity index (χ1v) is 6.01. The van der Waals surface area contributed by atoms with Crippen LogP contribution in [0.5, 0.6) is 0 Å². The minimum Gasteiger partial charge on any atom is -0.475 e. The summed E-state index contributed by atoms with van der Waals surface area (Å²) in [6, 6.07) is 16.3. The number of carboxylic acids is 1. The number of rotatable bonds is 5. The lowest BCUT2D eigenvalue weighted by atomic mass is 9.94. The molecule has 0 spiro atoms. The van der Waals surface area contributed by atoms with Crippen LogP contribution >= 0.6 is 0 Å². The van der Waals surface area contributed by atoms with Gasteiger partial charge in [0.25, 0.3) is 5.78 Å². The number of aldehydes is 1. The molecule has 0 saturated heterocycles. The maximum absolute atomic E-state index is 11.4. The molecule has 0 heterocycles. The van der Waals surface area contributed by atoms with Crippen LogP contribution < -0.4 is 0 Å². The molecule has 2 aromatic carbocycles. The lowest BCUT2D eigenvalue weighted by molar-refractivity contribution is -0.150. The number of carboxylic acid groups (broad SMARTS) is 1. The van der Waals surface area contributed by atoms with E-state index in [-0.39, 0.29) is 0 Å². The third-order valence-corrected chi connectivity index (χ3v) is 3.01. The van der Waals surface area contributed by atoms with E-state index < -0.39 is 17.7 Å². The summed E-state index contributed by atoms with van der Waals surface area (Å²) in [5, 5.41) is 8.67. The lowest BCUT2D eigenvalue weighted by Gasteiger charge is -2.08. The third kappa shape index (κ3) is 2.80. The average Bonchev–Trinajstić information content (AvgIpc) is 2.49. The maximum Gasteiger partial charge on any atom is 0.373 e. The highest BCUT2D eigenvalue weighted by atomic mass is 16.4. The Morgan fingerprint density at radius 3 is 1.95 bits per heavy atom. The number of hydrogen-bond donors (Lipinski definition) is 1. The Bertz CT molecular complexity index is 629. The molecule has 4 nitrogen and oxygen atoms in total. The highest BCUT2D eigenvalue weighted by Crippen LogP contribution is 2.22. The Morgan fingerprint density at radius 1 is 0.900 bits per heavy atom.